The molecule has 0 bridgehead atoms. The first-order chi connectivity index (χ1) is 21.4. The van der Waals surface area contributed by atoms with Gasteiger partial charge in [-0.25, -0.2) is 22.0 Å². The fourth-order valence-electron chi connectivity index (χ4n) is 6.07. The standard InChI is InChI=1S/C33H33F2N5O4S/c1-5-30(41)38-15-16-39(21(3)19-38)32-25-17-27(35)24(23-10-6-7-11-26(23)34)18-29(25)40(33(42)36-32)31-20(2)9-8-12-28(31)37(4)45(43,44)22-13-14-22/h5-12,17-18,21-22H,1,13-16,19H2,2-4H3/t21-/m0/s1. The monoisotopic (exact) mass is 633 g/mol. The Morgan fingerprint density at radius 1 is 1.04 bits per heavy atom. The summed E-state index contributed by atoms with van der Waals surface area (Å²) in [6, 6.07) is 13.2. The van der Waals surface area contributed by atoms with E-state index in [1.807, 2.05) is 11.8 Å². The molecule has 12 heteroatoms. The van der Waals surface area contributed by atoms with Gasteiger partial charge in [0.2, 0.25) is 15.9 Å². The number of carbonyl (C=O) groups is 1. The summed E-state index contributed by atoms with van der Waals surface area (Å²) in [5, 5.41) is -0.218. The molecular formula is C33H33F2N5O4S. The van der Waals surface area contributed by atoms with Crippen LogP contribution in [0, 0.1) is 18.6 Å². The molecule has 1 aliphatic heterocycles. The Kier molecular flexibility index (Phi) is 7.72. The summed E-state index contributed by atoms with van der Waals surface area (Å²) in [5.41, 5.74) is 0.597. The van der Waals surface area contributed by atoms with Gasteiger partial charge in [-0.1, -0.05) is 36.9 Å². The van der Waals surface area contributed by atoms with E-state index >= 15 is 4.39 Å². The molecule has 1 atom stereocenters. The molecule has 6 rings (SSSR count). The number of rotatable bonds is 7. The lowest BCUT2D eigenvalue weighted by atomic mass is 10.0. The van der Waals surface area contributed by atoms with Gasteiger partial charge >= 0.3 is 5.69 Å². The predicted octanol–water partition coefficient (Wildman–Crippen LogP) is 4.79. The summed E-state index contributed by atoms with van der Waals surface area (Å²) in [7, 11) is -2.25. The Morgan fingerprint density at radius 3 is 2.44 bits per heavy atom. The van der Waals surface area contributed by atoms with E-state index in [1.54, 1.807) is 36.1 Å². The number of hydrogen-bond acceptors (Lipinski definition) is 6. The molecule has 0 N–H and O–H groups in total. The second-order valence-electron chi connectivity index (χ2n) is 11.6. The van der Waals surface area contributed by atoms with Crippen molar-refractivity contribution in [2.75, 3.05) is 35.9 Å². The van der Waals surface area contributed by atoms with E-state index in [0.29, 0.717) is 38.0 Å². The fourth-order valence-corrected chi connectivity index (χ4v) is 7.67. The first-order valence-corrected chi connectivity index (χ1v) is 16.2. The highest BCUT2D eigenvalue weighted by Gasteiger charge is 2.40. The van der Waals surface area contributed by atoms with Crippen LogP contribution >= 0.6 is 0 Å². The normalized spacial score (nSPS) is 17.0. The van der Waals surface area contributed by atoms with Crippen LogP contribution in [0.2, 0.25) is 0 Å². The van der Waals surface area contributed by atoms with Crippen LogP contribution in [0.1, 0.15) is 25.3 Å². The molecular weight excluding hydrogens is 600 g/mol. The van der Waals surface area contributed by atoms with Crippen molar-refractivity contribution in [1.29, 1.82) is 0 Å². The van der Waals surface area contributed by atoms with Crippen molar-refractivity contribution in [2.24, 2.45) is 0 Å². The summed E-state index contributed by atoms with van der Waals surface area (Å²) in [5.74, 6) is -1.35. The molecule has 1 saturated carbocycles. The average Bonchev–Trinajstić information content (AvgIpc) is 3.87. The summed E-state index contributed by atoms with van der Waals surface area (Å²) >= 11 is 0. The van der Waals surface area contributed by atoms with Crippen molar-refractivity contribution in [1.82, 2.24) is 14.5 Å². The maximum Gasteiger partial charge on any atom is 0.354 e. The number of halogens is 2. The first kappa shape index (κ1) is 30.4. The van der Waals surface area contributed by atoms with Gasteiger partial charge in [0.25, 0.3) is 0 Å². The van der Waals surface area contributed by atoms with Crippen molar-refractivity contribution in [3.8, 4) is 16.8 Å². The number of fused-ring (bicyclic) bond motifs is 1. The Balaban J connectivity index is 1.63. The number of aromatic nitrogens is 2. The molecule has 1 aromatic heterocycles. The lowest BCUT2D eigenvalue weighted by molar-refractivity contribution is -0.126. The molecule has 2 aliphatic rings. The highest BCUT2D eigenvalue weighted by Crippen LogP contribution is 2.39. The predicted molar refractivity (Wildman–Crippen MR) is 171 cm³/mol. The van der Waals surface area contributed by atoms with E-state index in [1.165, 1.54) is 52.3 Å². The highest BCUT2D eigenvalue weighted by atomic mass is 32.2. The number of anilines is 2. The van der Waals surface area contributed by atoms with E-state index in [0.717, 1.165) is 0 Å². The van der Waals surface area contributed by atoms with Crippen LogP contribution in [0.5, 0.6) is 0 Å². The maximum absolute atomic E-state index is 16.0. The zero-order valence-electron chi connectivity index (χ0n) is 25.2. The van der Waals surface area contributed by atoms with Gasteiger partial charge in [-0.3, -0.25) is 13.7 Å². The lowest BCUT2D eigenvalue weighted by Crippen LogP contribution is -2.54. The minimum atomic E-state index is -3.70. The zero-order chi connectivity index (χ0) is 32.2. The van der Waals surface area contributed by atoms with Crippen molar-refractivity contribution in [2.45, 2.75) is 38.0 Å². The molecule has 45 heavy (non-hydrogen) atoms. The molecule has 0 radical (unpaired) electrons. The topological polar surface area (TPSA) is 95.8 Å². The van der Waals surface area contributed by atoms with Crippen molar-refractivity contribution in [3.63, 3.8) is 0 Å². The van der Waals surface area contributed by atoms with Crippen LogP contribution in [0.25, 0.3) is 27.7 Å². The number of aryl methyl sites for hydroxylation is 1. The second-order valence-corrected chi connectivity index (χ2v) is 13.8. The van der Waals surface area contributed by atoms with E-state index in [2.05, 4.69) is 11.6 Å². The van der Waals surface area contributed by atoms with Gasteiger partial charge in [-0.2, -0.15) is 4.98 Å². The largest absolute Gasteiger partial charge is 0.354 e. The quantitative estimate of drug-likeness (QED) is 0.272. The van der Waals surface area contributed by atoms with Crippen LogP contribution in [0.3, 0.4) is 0 Å². The molecule has 1 amide bonds. The Hall–Kier alpha value is -4.58. The van der Waals surface area contributed by atoms with Gasteiger partial charge in [0.15, 0.2) is 0 Å². The molecule has 1 aliphatic carbocycles. The molecule has 3 aromatic carbocycles. The molecule has 4 aromatic rings. The smallest absolute Gasteiger partial charge is 0.350 e. The molecule has 9 nitrogen and oxygen atoms in total. The molecule has 2 heterocycles. The molecule has 0 unspecified atom stereocenters. The molecule has 1 saturated heterocycles. The van der Waals surface area contributed by atoms with Gasteiger partial charge in [-0.15, -0.1) is 0 Å². The lowest BCUT2D eigenvalue weighted by Gasteiger charge is -2.40. The van der Waals surface area contributed by atoms with Crippen molar-refractivity contribution >= 4 is 38.3 Å². The Bertz CT molecular complexity index is 2030. The molecule has 234 valence electrons. The van der Waals surface area contributed by atoms with Crippen LogP contribution in [-0.2, 0) is 14.8 Å². The summed E-state index contributed by atoms with van der Waals surface area (Å²) in [6.07, 6.45) is 2.36. The third-order valence-corrected chi connectivity index (χ3v) is 10.9. The van der Waals surface area contributed by atoms with E-state index in [9.17, 15) is 22.4 Å². The SMILES string of the molecule is C=CC(=O)N1CCN(c2nc(=O)n(-c3c(C)cccc3N(C)S(=O)(=O)C3CC3)c3cc(-c4ccccc4F)c(F)cc23)[C@@H](C)C1. The van der Waals surface area contributed by atoms with Crippen LogP contribution in [0.15, 0.2) is 72.0 Å². The summed E-state index contributed by atoms with van der Waals surface area (Å²) in [4.78, 5) is 34.4. The summed E-state index contributed by atoms with van der Waals surface area (Å²) in [6.45, 7) is 8.18. The third kappa shape index (κ3) is 5.26. The second kappa shape index (κ2) is 11.4. The fraction of sp³-hybridized carbons (Fsp3) is 0.303. The number of piperazine rings is 1. The minimum Gasteiger partial charge on any atom is -0.350 e. The highest BCUT2D eigenvalue weighted by molar-refractivity contribution is 7.93. The Morgan fingerprint density at radius 2 is 1.78 bits per heavy atom. The Labute approximate surface area is 260 Å². The number of nitrogens with zero attached hydrogens (tertiary/aromatic N) is 5. The summed E-state index contributed by atoms with van der Waals surface area (Å²) < 4.78 is 60.1. The number of benzene rings is 3. The number of amides is 1. The first-order valence-electron chi connectivity index (χ1n) is 14.7. The van der Waals surface area contributed by atoms with E-state index < -0.39 is 32.6 Å². The third-order valence-electron chi connectivity index (χ3n) is 8.62. The van der Waals surface area contributed by atoms with Gasteiger partial charge in [0.1, 0.15) is 17.5 Å². The maximum atomic E-state index is 16.0. The van der Waals surface area contributed by atoms with Crippen molar-refractivity contribution < 1.29 is 22.0 Å². The molecule has 2 fully saturated rings. The number of para-hydroxylation sites is 1. The van der Waals surface area contributed by atoms with Crippen LogP contribution in [0.4, 0.5) is 20.3 Å². The number of carbonyl (C=O) groups excluding carboxylic acids is 1. The average molecular weight is 634 g/mol. The van der Waals surface area contributed by atoms with Gasteiger partial charge in [0, 0.05) is 49.2 Å². The van der Waals surface area contributed by atoms with Gasteiger partial charge in [-0.05, 0) is 62.6 Å². The van der Waals surface area contributed by atoms with Crippen molar-refractivity contribution in [3.05, 3.63) is 94.9 Å². The van der Waals surface area contributed by atoms with Crippen LogP contribution < -0.4 is 14.9 Å². The van der Waals surface area contributed by atoms with Gasteiger partial charge < -0.3 is 9.80 Å². The van der Waals surface area contributed by atoms with Crippen LogP contribution in [-0.4, -0.2) is 66.7 Å². The number of sulfonamides is 1. The van der Waals surface area contributed by atoms with E-state index in [4.69, 9.17) is 0 Å². The molecule has 0 spiro atoms. The zero-order valence-corrected chi connectivity index (χ0v) is 26.0. The minimum absolute atomic E-state index is 0.0117. The number of hydrogen-bond donors (Lipinski definition) is 0. The van der Waals surface area contributed by atoms with E-state index in [-0.39, 0.29) is 51.2 Å². The van der Waals surface area contributed by atoms with Gasteiger partial charge in [0.05, 0.1) is 22.1 Å².